The molecular formula is C22H20BrF3N6O4S2. The van der Waals surface area contributed by atoms with Crippen molar-refractivity contribution in [3.05, 3.63) is 39.7 Å². The molecule has 0 atom stereocenters. The second-order valence-electron chi connectivity index (χ2n) is 8.38. The molecule has 38 heavy (non-hydrogen) atoms. The number of rotatable bonds is 5. The van der Waals surface area contributed by atoms with Crippen LogP contribution in [0.5, 0.6) is 0 Å². The molecule has 2 N–H and O–H groups in total. The van der Waals surface area contributed by atoms with E-state index in [1.807, 2.05) is 6.07 Å². The van der Waals surface area contributed by atoms with E-state index in [2.05, 4.69) is 32.2 Å². The Morgan fingerprint density at radius 1 is 1.13 bits per heavy atom. The summed E-state index contributed by atoms with van der Waals surface area (Å²) < 4.78 is 60.3. The van der Waals surface area contributed by atoms with Gasteiger partial charge in [-0.1, -0.05) is 0 Å². The zero-order valence-corrected chi connectivity index (χ0v) is 22.7. The van der Waals surface area contributed by atoms with Crippen LogP contribution in [0.25, 0.3) is 11.0 Å². The molecule has 1 aromatic carbocycles. The molecule has 3 aromatic rings. The third-order valence-electron chi connectivity index (χ3n) is 5.62. The van der Waals surface area contributed by atoms with Crippen molar-refractivity contribution in [3.8, 4) is 6.07 Å². The van der Waals surface area contributed by atoms with Crippen molar-refractivity contribution in [1.82, 2.24) is 14.3 Å². The fourth-order valence-electron chi connectivity index (χ4n) is 3.56. The molecule has 16 heteroatoms. The molecule has 0 bridgehead atoms. The lowest BCUT2D eigenvalue weighted by Crippen LogP contribution is -2.49. The average Bonchev–Trinajstić information content (AvgIpc) is 3.58. The zero-order valence-electron chi connectivity index (χ0n) is 19.4. The first-order valence-corrected chi connectivity index (χ1v) is 14.2. The SMILES string of the molecule is N#Cc1ccc2nc(NC3CC3)c(N3CCN(S(=O)(=O)c4ccc(Br)s4)CC3)nc2c1.O=C(O)C(F)(F)F. The number of nitrogens with zero attached hydrogens (tertiary/aromatic N) is 5. The van der Waals surface area contributed by atoms with Gasteiger partial charge in [0.25, 0.3) is 10.0 Å². The predicted molar refractivity (Wildman–Crippen MR) is 138 cm³/mol. The summed E-state index contributed by atoms with van der Waals surface area (Å²) in [5, 5.41) is 19.8. The van der Waals surface area contributed by atoms with E-state index in [0.717, 1.165) is 28.0 Å². The Morgan fingerprint density at radius 2 is 1.79 bits per heavy atom. The van der Waals surface area contributed by atoms with E-state index in [1.54, 1.807) is 24.3 Å². The minimum Gasteiger partial charge on any atom is -0.475 e. The zero-order chi connectivity index (χ0) is 27.7. The van der Waals surface area contributed by atoms with E-state index < -0.39 is 22.2 Å². The van der Waals surface area contributed by atoms with Gasteiger partial charge >= 0.3 is 12.1 Å². The molecule has 2 aliphatic rings. The first-order chi connectivity index (χ1) is 17.9. The number of fused-ring (bicyclic) bond motifs is 1. The summed E-state index contributed by atoms with van der Waals surface area (Å²) in [7, 11) is -3.50. The number of nitrogens with one attached hydrogen (secondary N) is 1. The van der Waals surface area contributed by atoms with Crippen LogP contribution in [-0.4, -0.2) is 72.2 Å². The number of benzene rings is 1. The van der Waals surface area contributed by atoms with Crippen molar-refractivity contribution in [2.75, 3.05) is 36.4 Å². The lowest BCUT2D eigenvalue weighted by Gasteiger charge is -2.35. The molecule has 0 spiro atoms. The number of nitriles is 1. The predicted octanol–water partition coefficient (Wildman–Crippen LogP) is 4.04. The van der Waals surface area contributed by atoms with Gasteiger partial charge in [-0.05, 0) is 59.1 Å². The summed E-state index contributed by atoms with van der Waals surface area (Å²) >= 11 is 4.56. The standard InChI is InChI=1S/C20H19BrN6O2S2.C2HF3O2/c21-17-5-6-18(30-17)31(28,29)27-9-7-26(8-10-27)20-19(23-14-2-3-14)24-15-4-1-13(12-22)11-16(15)25-20;3-2(4,5)1(6)7/h1,4-6,11,14H,2-3,7-10H2,(H,23,24);(H,6,7). The number of carbonyl (C=O) groups is 1. The summed E-state index contributed by atoms with van der Waals surface area (Å²) in [6.45, 7) is 1.78. The first kappa shape index (κ1) is 28.0. The monoisotopic (exact) mass is 632 g/mol. The summed E-state index contributed by atoms with van der Waals surface area (Å²) in [6.07, 6.45) is -2.87. The van der Waals surface area contributed by atoms with Crippen LogP contribution >= 0.6 is 27.3 Å². The number of halogens is 4. The Bertz CT molecular complexity index is 1500. The maximum atomic E-state index is 12.9. The highest BCUT2D eigenvalue weighted by Crippen LogP contribution is 2.33. The molecule has 0 radical (unpaired) electrons. The molecule has 2 fully saturated rings. The number of thiophene rings is 1. The highest BCUT2D eigenvalue weighted by molar-refractivity contribution is 9.11. The van der Waals surface area contributed by atoms with Crippen LogP contribution in [0.15, 0.2) is 38.3 Å². The highest BCUT2D eigenvalue weighted by atomic mass is 79.9. The fourth-order valence-corrected chi connectivity index (χ4v) is 7.14. The molecule has 1 aliphatic carbocycles. The Kier molecular flexibility index (Phi) is 8.12. The molecule has 202 valence electrons. The van der Waals surface area contributed by atoms with Crippen molar-refractivity contribution in [2.24, 2.45) is 0 Å². The Labute approximate surface area is 227 Å². The van der Waals surface area contributed by atoms with Crippen molar-refractivity contribution < 1.29 is 31.5 Å². The van der Waals surface area contributed by atoms with Gasteiger partial charge in [0.05, 0.1) is 26.5 Å². The van der Waals surface area contributed by atoms with Crippen LogP contribution < -0.4 is 10.2 Å². The van der Waals surface area contributed by atoms with E-state index in [0.29, 0.717) is 53.3 Å². The number of anilines is 2. The van der Waals surface area contributed by atoms with E-state index in [1.165, 1.54) is 15.6 Å². The topological polar surface area (TPSA) is 140 Å². The summed E-state index contributed by atoms with van der Waals surface area (Å²) in [4.78, 5) is 20.6. The van der Waals surface area contributed by atoms with Crippen LogP contribution in [0.1, 0.15) is 18.4 Å². The molecule has 2 aromatic heterocycles. The van der Waals surface area contributed by atoms with Crippen LogP contribution in [0.2, 0.25) is 0 Å². The Balaban J connectivity index is 0.000000426. The Hall–Kier alpha value is -3.00. The second kappa shape index (κ2) is 11.0. The maximum Gasteiger partial charge on any atom is 0.490 e. The molecule has 0 unspecified atom stereocenters. The number of aliphatic carboxylic acids is 1. The van der Waals surface area contributed by atoms with Crippen molar-refractivity contribution in [3.63, 3.8) is 0 Å². The van der Waals surface area contributed by atoms with E-state index in [-0.39, 0.29) is 0 Å². The third-order valence-corrected chi connectivity index (χ3v) is 9.61. The lowest BCUT2D eigenvalue weighted by atomic mass is 10.2. The van der Waals surface area contributed by atoms with Crippen molar-refractivity contribution in [2.45, 2.75) is 29.3 Å². The number of aromatic nitrogens is 2. The number of carboxylic acids is 1. The van der Waals surface area contributed by atoms with Gasteiger partial charge in [0.15, 0.2) is 11.6 Å². The average molecular weight is 633 g/mol. The van der Waals surface area contributed by atoms with Gasteiger partial charge in [0, 0.05) is 32.2 Å². The molecule has 5 rings (SSSR count). The smallest absolute Gasteiger partial charge is 0.475 e. The number of sulfonamides is 1. The third kappa shape index (κ3) is 6.52. The number of hydrogen-bond acceptors (Lipinski definition) is 9. The van der Waals surface area contributed by atoms with Gasteiger partial charge in [-0.25, -0.2) is 23.2 Å². The van der Waals surface area contributed by atoms with Gasteiger partial charge in [0.2, 0.25) is 0 Å². The highest BCUT2D eigenvalue weighted by Gasteiger charge is 2.38. The number of piperazine rings is 1. The first-order valence-electron chi connectivity index (χ1n) is 11.2. The van der Waals surface area contributed by atoms with Gasteiger partial charge in [-0.3, -0.25) is 0 Å². The number of alkyl halides is 3. The van der Waals surface area contributed by atoms with Crippen LogP contribution in [0, 0.1) is 11.3 Å². The van der Waals surface area contributed by atoms with E-state index in [9.17, 15) is 26.9 Å². The van der Waals surface area contributed by atoms with Crippen LogP contribution in [-0.2, 0) is 14.8 Å². The Morgan fingerprint density at radius 3 is 2.32 bits per heavy atom. The molecule has 1 saturated heterocycles. The quantitative estimate of drug-likeness (QED) is 0.426. The minimum absolute atomic E-state index is 0.346. The van der Waals surface area contributed by atoms with Crippen molar-refractivity contribution in [1.29, 1.82) is 5.26 Å². The summed E-state index contributed by atoms with van der Waals surface area (Å²) in [5.41, 5.74) is 1.93. The van der Waals surface area contributed by atoms with E-state index >= 15 is 0 Å². The lowest BCUT2D eigenvalue weighted by molar-refractivity contribution is -0.192. The number of hydrogen-bond donors (Lipinski definition) is 2. The number of carboxylic acid groups (broad SMARTS) is 1. The summed E-state index contributed by atoms with van der Waals surface area (Å²) in [5.74, 6) is -1.32. The molecular weight excluding hydrogens is 613 g/mol. The van der Waals surface area contributed by atoms with Crippen molar-refractivity contribution >= 4 is 65.9 Å². The minimum atomic E-state index is -5.08. The van der Waals surface area contributed by atoms with Crippen LogP contribution in [0.3, 0.4) is 0 Å². The normalized spacial score (nSPS) is 16.4. The largest absolute Gasteiger partial charge is 0.490 e. The van der Waals surface area contributed by atoms with Gasteiger partial charge in [-0.15, -0.1) is 11.3 Å². The van der Waals surface area contributed by atoms with Gasteiger partial charge in [-0.2, -0.15) is 22.7 Å². The van der Waals surface area contributed by atoms with E-state index in [4.69, 9.17) is 19.9 Å². The van der Waals surface area contributed by atoms with Gasteiger partial charge in [0.1, 0.15) is 4.21 Å². The maximum absolute atomic E-state index is 12.9. The second-order valence-corrected chi connectivity index (χ2v) is 13.0. The molecule has 10 nitrogen and oxygen atoms in total. The van der Waals surface area contributed by atoms with Gasteiger partial charge < -0.3 is 15.3 Å². The summed E-state index contributed by atoms with van der Waals surface area (Å²) in [6, 6.07) is 11.2. The molecule has 3 heterocycles. The van der Waals surface area contributed by atoms with Crippen LogP contribution in [0.4, 0.5) is 24.8 Å². The molecule has 1 saturated carbocycles. The molecule has 0 amide bonds. The fraction of sp³-hybridized carbons (Fsp3) is 0.364. The molecule has 1 aliphatic heterocycles.